The predicted molar refractivity (Wildman–Crippen MR) is 50.3 cm³/mol. The van der Waals surface area contributed by atoms with Crippen molar-refractivity contribution in [2.24, 2.45) is 5.92 Å². The first-order valence-corrected chi connectivity index (χ1v) is 5.40. The molecule has 0 saturated heterocycles. The van der Waals surface area contributed by atoms with Crippen LogP contribution in [-0.2, 0) is 0 Å². The topological polar surface area (TPSA) is 25.8 Å². The molecule has 3 heteroatoms. The largest absolute Gasteiger partial charge is 0.228 e. The second-order valence-corrected chi connectivity index (χ2v) is 4.56. The first kappa shape index (κ1) is 8.17. The molecule has 1 heterocycles. The lowest BCUT2D eigenvalue weighted by Gasteiger charge is -2.24. The molecule has 1 aromatic rings. The Bertz CT molecular complexity index is 233. The third-order valence-corrected chi connectivity index (χ3v) is 3.49. The van der Waals surface area contributed by atoms with Gasteiger partial charge in [0.25, 0.3) is 0 Å². The van der Waals surface area contributed by atoms with E-state index in [2.05, 4.69) is 16.3 Å². The van der Waals surface area contributed by atoms with Gasteiger partial charge in [-0.1, -0.05) is 19.8 Å². The van der Waals surface area contributed by atoms with Gasteiger partial charge in [-0.3, -0.25) is 0 Å². The average Bonchev–Trinajstić information content (AvgIpc) is 2.56. The first-order chi connectivity index (χ1) is 5.86. The summed E-state index contributed by atoms with van der Waals surface area (Å²) in [6.45, 7) is 2.34. The lowest BCUT2D eigenvalue weighted by molar-refractivity contribution is 0.343. The van der Waals surface area contributed by atoms with E-state index in [1.807, 2.05) is 0 Å². The molecule has 2 nitrogen and oxygen atoms in total. The van der Waals surface area contributed by atoms with Gasteiger partial charge in [0, 0.05) is 5.92 Å². The molecular formula is C9H14N2S. The molecule has 1 fully saturated rings. The molecule has 1 saturated carbocycles. The molecule has 2 rings (SSSR count). The van der Waals surface area contributed by atoms with E-state index in [1.165, 1.54) is 30.7 Å². The Labute approximate surface area is 77.2 Å². The summed E-state index contributed by atoms with van der Waals surface area (Å²) in [6, 6.07) is 0. The van der Waals surface area contributed by atoms with Crippen molar-refractivity contribution in [1.82, 2.24) is 9.36 Å². The Morgan fingerprint density at radius 1 is 1.50 bits per heavy atom. The van der Waals surface area contributed by atoms with E-state index in [0.717, 1.165) is 5.92 Å². The average molecular weight is 182 g/mol. The molecule has 1 aliphatic rings. The Morgan fingerprint density at radius 2 is 2.42 bits per heavy atom. The number of rotatable bonds is 1. The molecule has 0 aromatic carbocycles. The summed E-state index contributed by atoms with van der Waals surface area (Å²) in [5, 5.41) is 1.25. The number of hydrogen-bond acceptors (Lipinski definition) is 3. The van der Waals surface area contributed by atoms with Gasteiger partial charge in [-0.05, 0) is 30.3 Å². The molecule has 0 amide bonds. The van der Waals surface area contributed by atoms with Gasteiger partial charge in [0.2, 0.25) is 0 Å². The van der Waals surface area contributed by atoms with Crippen molar-refractivity contribution in [2.75, 3.05) is 0 Å². The van der Waals surface area contributed by atoms with Crippen molar-refractivity contribution in [3.05, 3.63) is 11.3 Å². The molecule has 1 aliphatic carbocycles. The minimum absolute atomic E-state index is 0.709. The van der Waals surface area contributed by atoms with Crippen LogP contribution in [0.25, 0.3) is 0 Å². The van der Waals surface area contributed by atoms with Gasteiger partial charge < -0.3 is 0 Å². The van der Waals surface area contributed by atoms with Gasteiger partial charge >= 0.3 is 0 Å². The minimum Gasteiger partial charge on any atom is -0.228 e. The number of hydrogen-bond donors (Lipinski definition) is 0. The van der Waals surface area contributed by atoms with Gasteiger partial charge in [0.15, 0.2) is 0 Å². The van der Waals surface area contributed by atoms with Gasteiger partial charge in [0.1, 0.15) is 11.3 Å². The van der Waals surface area contributed by atoms with E-state index in [9.17, 15) is 0 Å². The second-order valence-electron chi connectivity index (χ2n) is 3.75. The maximum atomic E-state index is 4.28. The molecule has 2 atom stereocenters. The zero-order valence-corrected chi connectivity index (χ0v) is 8.18. The molecule has 66 valence electrons. The molecule has 0 spiro atoms. The Balaban J connectivity index is 2.04. The van der Waals surface area contributed by atoms with Crippen LogP contribution in [0.15, 0.2) is 6.33 Å². The van der Waals surface area contributed by atoms with Crippen molar-refractivity contribution in [3.8, 4) is 0 Å². The molecule has 1 aromatic heterocycles. The van der Waals surface area contributed by atoms with Crippen molar-refractivity contribution in [3.63, 3.8) is 0 Å². The van der Waals surface area contributed by atoms with Crippen molar-refractivity contribution < 1.29 is 0 Å². The lowest BCUT2D eigenvalue weighted by Crippen LogP contribution is -2.11. The van der Waals surface area contributed by atoms with E-state index in [0.29, 0.717) is 5.92 Å². The van der Waals surface area contributed by atoms with E-state index in [4.69, 9.17) is 0 Å². The minimum atomic E-state index is 0.709. The van der Waals surface area contributed by atoms with E-state index >= 15 is 0 Å². The second kappa shape index (κ2) is 3.52. The van der Waals surface area contributed by atoms with E-state index < -0.39 is 0 Å². The fraction of sp³-hybridized carbons (Fsp3) is 0.778. The SMILES string of the molecule is CC1CCCC(c2ncns2)C1. The van der Waals surface area contributed by atoms with Gasteiger partial charge in [-0.2, -0.15) is 4.37 Å². The molecule has 0 aliphatic heterocycles. The summed E-state index contributed by atoms with van der Waals surface area (Å²) in [6.07, 6.45) is 7.08. The summed E-state index contributed by atoms with van der Waals surface area (Å²) < 4.78 is 4.05. The highest BCUT2D eigenvalue weighted by molar-refractivity contribution is 7.05. The smallest absolute Gasteiger partial charge is 0.129 e. The van der Waals surface area contributed by atoms with Crippen molar-refractivity contribution >= 4 is 11.5 Å². The zero-order chi connectivity index (χ0) is 8.39. The van der Waals surface area contributed by atoms with Crippen LogP contribution in [-0.4, -0.2) is 9.36 Å². The molecule has 12 heavy (non-hydrogen) atoms. The highest BCUT2D eigenvalue weighted by Gasteiger charge is 2.22. The Hall–Kier alpha value is -0.440. The van der Waals surface area contributed by atoms with Crippen LogP contribution in [0.5, 0.6) is 0 Å². The lowest BCUT2D eigenvalue weighted by atomic mass is 9.83. The highest BCUT2D eigenvalue weighted by atomic mass is 32.1. The van der Waals surface area contributed by atoms with Crippen LogP contribution < -0.4 is 0 Å². The number of aromatic nitrogens is 2. The van der Waals surface area contributed by atoms with Gasteiger partial charge in [0.05, 0.1) is 0 Å². The zero-order valence-electron chi connectivity index (χ0n) is 7.36. The third-order valence-electron chi connectivity index (χ3n) is 2.66. The molecule has 0 radical (unpaired) electrons. The maximum Gasteiger partial charge on any atom is 0.129 e. The summed E-state index contributed by atoms with van der Waals surface area (Å²) >= 11 is 1.57. The fourth-order valence-electron chi connectivity index (χ4n) is 2.02. The third kappa shape index (κ3) is 1.66. The Kier molecular flexibility index (Phi) is 2.40. The summed E-state index contributed by atoms with van der Waals surface area (Å²) in [4.78, 5) is 4.28. The quantitative estimate of drug-likeness (QED) is 0.667. The molecule has 2 unspecified atom stereocenters. The predicted octanol–water partition coefficient (Wildman–Crippen LogP) is 2.83. The normalized spacial score (nSPS) is 30.4. The van der Waals surface area contributed by atoms with Crippen LogP contribution in [0, 0.1) is 5.92 Å². The summed E-state index contributed by atoms with van der Waals surface area (Å²) in [7, 11) is 0. The standard InChI is InChI=1S/C9H14N2S/c1-7-3-2-4-8(5-7)9-10-6-11-12-9/h6-8H,2-5H2,1H3. The fourth-order valence-corrected chi connectivity index (χ4v) is 2.68. The summed E-state index contributed by atoms with van der Waals surface area (Å²) in [5.74, 6) is 1.59. The van der Waals surface area contributed by atoms with E-state index in [-0.39, 0.29) is 0 Å². The molecule has 0 bridgehead atoms. The molecule has 0 N–H and O–H groups in total. The van der Waals surface area contributed by atoms with Crippen LogP contribution >= 0.6 is 11.5 Å². The van der Waals surface area contributed by atoms with Gasteiger partial charge in [-0.15, -0.1) is 0 Å². The number of nitrogens with zero attached hydrogens (tertiary/aromatic N) is 2. The Morgan fingerprint density at radius 3 is 3.08 bits per heavy atom. The summed E-state index contributed by atoms with van der Waals surface area (Å²) in [5.41, 5.74) is 0. The van der Waals surface area contributed by atoms with Crippen LogP contribution in [0.2, 0.25) is 0 Å². The van der Waals surface area contributed by atoms with Crippen LogP contribution in [0.4, 0.5) is 0 Å². The van der Waals surface area contributed by atoms with Crippen LogP contribution in [0.3, 0.4) is 0 Å². The van der Waals surface area contributed by atoms with Gasteiger partial charge in [-0.25, -0.2) is 4.98 Å². The first-order valence-electron chi connectivity index (χ1n) is 4.63. The highest BCUT2D eigenvalue weighted by Crippen LogP contribution is 2.35. The van der Waals surface area contributed by atoms with Crippen molar-refractivity contribution in [1.29, 1.82) is 0 Å². The maximum absolute atomic E-state index is 4.28. The monoisotopic (exact) mass is 182 g/mol. The molecular weight excluding hydrogens is 168 g/mol. The van der Waals surface area contributed by atoms with Crippen LogP contribution in [0.1, 0.15) is 43.5 Å². The van der Waals surface area contributed by atoms with E-state index in [1.54, 1.807) is 17.9 Å². The van der Waals surface area contributed by atoms with Crippen molar-refractivity contribution in [2.45, 2.75) is 38.5 Å².